The zero-order valence-corrected chi connectivity index (χ0v) is 14.0. The zero-order chi connectivity index (χ0) is 16.1. The molecule has 2 heterocycles. The van der Waals surface area contributed by atoms with E-state index < -0.39 is 0 Å². The van der Waals surface area contributed by atoms with Crippen LogP contribution in [0.5, 0.6) is 0 Å². The number of hydrogen-bond acceptors (Lipinski definition) is 3. The Morgan fingerprint density at radius 1 is 1.35 bits per heavy atom. The molecular formula is C18H27N3O2. The molecule has 1 saturated carbocycles. The predicted molar refractivity (Wildman–Crippen MR) is 89.1 cm³/mol. The fourth-order valence-corrected chi connectivity index (χ4v) is 3.27. The highest BCUT2D eigenvalue weighted by Crippen LogP contribution is 2.27. The first-order chi connectivity index (χ1) is 11.2. The molecule has 1 aromatic heterocycles. The lowest BCUT2D eigenvalue weighted by molar-refractivity contribution is 0.0720. The van der Waals surface area contributed by atoms with Gasteiger partial charge in [-0.25, -0.2) is 4.79 Å². The van der Waals surface area contributed by atoms with Crippen molar-refractivity contribution in [2.24, 2.45) is 5.92 Å². The van der Waals surface area contributed by atoms with Crippen molar-refractivity contribution in [2.45, 2.75) is 51.7 Å². The summed E-state index contributed by atoms with van der Waals surface area (Å²) < 4.78 is 5.72. The van der Waals surface area contributed by atoms with Crippen LogP contribution in [0.3, 0.4) is 0 Å². The molecule has 23 heavy (non-hydrogen) atoms. The molecule has 0 radical (unpaired) electrons. The van der Waals surface area contributed by atoms with Crippen molar-refractivity contribution < 1.29 is 9.53 Å². The van der Waals surface area contributed by atoms with Gasteiger partial charge in [0.05, 0.1) is 6.10 Å². The number of carbonyl (C=O) groups is 1. The highest BCUT2D eigenvalue weighted by atomic mass is 16.5. The molecule has 1 atom stereocenters. The van der Waals surface area contributed by atoms with Crippen molar-refractivity contribution >= 4 is 6.03 Å². The maximum absolute atomic E-state index is 12.6. The number of ether oxygens (including phenoxy) is 1. The first-order valence-corrected chi connectivity index (χ1v) is 8.76. The Morgan fingerprint density at radius 2 is 2.22 bits per heavy atom. The van der Waals surface area contributed by atoms with Crippen LogP contribution in [0.15, 0.2) is 18.3 Å². The number of hydrogen-bond donors (Lipinski definition) is 1. The molecule has 0 spiro atoms. The quantitative estimate of drug-likeness (QED) is 0.878. The molecule has 1 aliphatic heterocycles. The van der Waals surface area contributed by atoms with Crippen molar-refractivity contribution in [2.75, 3.05) is 19.7 Å². The molecule has 2 fully saturated rings. The summed E-state index contributed by atoms with van der Waals surface area (Å²) in [4.78, 5) is 18.8. The lowest BCUT2D eigenvalue weighted by Crippen LogP contribution is -2.46. The van der Waals surface area contributed by atoms with Crippen molar-refractivity contribution in [3.63, 3.8) is 0 Å². The van der Waals surface area contributed by atoms with E-state index in [9.17, 15) is 4.79 Å². The van der Waals surface area contributed by atoms with Gasteiger partial charge in [0.1, 0.15) is 0 Å². The van der Waals surface area contributed by atoms with Gasteiger partial charge in [-0.2, -0.15) is 0 Å². The van der Waals surface area contributed by atoms with Gasteiger partial charge < -0.3 is 15.0 Å². The van der Waals surface area contributed by atoms with Crippen LogP contribution in [-0.2, 0) is 11.3 Å². The predicted octanol–water partition coefficient (Wildman–Crippen LogP) is 2.88. The first-order valence-electron chi connectivity index (χ1n) is 8.76. The summed E-state index contributed by atoms with van der Waals surface area (Å²) in [7, 11) is 0. The molecular weight excluding hydrogens is 290 g/mol. The Morgan fingerprint density at radius 3 is 2.87 bits per heavy atom. The molecule has 2 aliphatic rings. The largest absolute Gasteiger partial charge is 0.376 e. The monoisotopic (exact) mass is 317 g/mol. The van der Waals surface area contributed by atoms with Crippen molar-refractivity contribution in [3.05, 3.63) is 29.6 Å². The second-order valence-electron chi connectivity index (χ2n) is 6.80. The first kappa shape index (κ1) is 16.2. The second-order valence-corrected chi connectivity index (χ2v) is 6.80. The van der Waals surface area contributed by atoms with Gasteiger partial charge in [-0.1, -0.05) is 6.42 Å². The van der Waals surface area contributed by atoms with Crippen LogP contribution in [0.4, 0.5) is 4.79 Å². The maximum Gasteiger partial charge on any atom is 0.317 e. The molecule has 1 N–H and O–H groups in total. The van der Waals surface area contributed by atoms with Crippen LogP contribution in [0.1, 0.15) is 43.4 Å². The molecule has 126 valence electrons. The van der Waals surface area contributed by atoms with Gasteiger partial charge in [0.15, 0.2) is 0 Å². The molecule has 0 bridgehead atoms. The lowest BCUT2D eigenvalue weighted by atomic mass is 9.85. The zero-order valence-electron chi connectivity index (χ0n) is 14.0. The third kappa shape index (κ3) is 4.67. The standard InChI is InChI=1S/C18H27N3O2/c1-14-10-16(7-8-19-14)11-20-18(22)21(12-15-4-2-5-15)13-17-6-3-9-23-17/h7-8,10,15,17H,2-6,9,11-13H2,1H3,(H,20,22). The third-order valence-electron chi connectivity index (χ3n) is 4.84. The van der Waals surface area contributed by atoms with E-state index in [4.69, 9.17) is 4.74 Å². The van der Waals surface area contributed by atoms with Crippen molar-refractivity contribution in [1.29, 1.82) is 0 Å². The molecule has 3 rings (SSSR count). The highest BCUT2D eigenvalue weighted by Gasteiger charge is 2.27. The summed E-state index contributed by atoms with van der Waals surface area (Å²) >= 11 is 0. The summed E-state index contributed by atoms with van der Waals surface area (Å²) in [5.74, 6) is 0.672. The number of aromatic nitrogens is 1. The minimum absolute atomic E-state index is 0.0295. The minimum atomic E-state index is 0.0295. The fourth-order valence-electron chi connectivity index (χ4n) is 3.27. The number of pyridine rings is 1. The molecule has 1 aromatic rings. The maximum atomic E-state index is 12.6. The Labute approximate surface area is 138 Å². The van der Waals surface area contributed by atoms with Gasteiger partial charge >= 0.3 is 6.03 Å². The van der Waals surface area contributed by atoms with Crippen LogP contribution in [0.25, 0.3) is 0 Å². The summed E-state index contributed by atoms with van der Waals surface area (Å²) in [5.41, 5.74) is 2.06. The Bertz CT molecular complexity index is 525. The second kappa shape index (κ2) is 7.77. The van der Waals surface area contributed by atoms with Gasteiger partial charge in [0.25, 0.3) is 0 Å². The van der Waals surface area contributed by atoms with Gasteiger partial charge in [0, 0.05) is 38.1 Å². The lowest BCUT2D eigenvalue weighted by Gasteiger charge is -2.33. The average Bonchev–Trinajstić information content (AvgIpc) is 3.00. The Hall–Kier alpha value is -1.62. The Balaban J connectivity index is 1.54. The number of nitrogens with one attached hydrogen (secondary N) is 1. The molecule has 5 nitrogen and oxygen atoms in total. The SMILES string of the molecule is Cc1cc(CNC(=O)N(CC2CCC2)CC2CCCO2)ccn1. The van der Waals surface area contributed by atoms with Crippen LogP contribution >= 0.6 is 0 Å². The number of amides is 2. The average molecular weight is 317 g/mol. The molecule has 1 unspecified atom stereocenters. The number of rotatable bonds is 6. The summed E-state index contributed by atoms with van der Waals surface area (Å²) in [6.07, 6.45) is 7.98. The van der Waals surface area contributed by atoms with Crippen molar-refractivity contribution in [3.8, 4) is 0 Å². The van der Waals surface area contributed by atoms with E-state index >= 15 is 0 Å². The third-order valence-corrected chi connectivity index (χ3v) is 4.84. The molecule has 5 heteroatoms. The number of urea groups is 1. The van der Waals surface area contributed by atoms with Crippen molar-refractivity contribution in [1.82, 2.24) is 15.2 Å². The summed E-state index contributed by atoms with van der Waals surface area (Å²) in [6, 6.07) is 3.99. The van der Waals surface area contributed by atoms with E-state index in [0.717, 1.165) is 43.8 Å². The topological polar surface area (TPSA) is 54.5 Å². The molecule has 2 amide bonds. The van der Waals surface area contributed by atoms with E-state index in [2.05, 4.69) is 10.3 Å². The smallest absolute Gasteiger partial charge is 0.317 e. The minimum Gasteiger partial charge on any atom is -0.376 e. The van der Waals surface area contributed by atoms with E-state index in [0.29, 0.717) is 12.5 Å². The normalized spacial score (nSPS) is 21.0. The van der Waals surface area contributed by atoms with Crippen LogP contribution in [0.2, 0.25) is 0 Å². The summed E-state index contributed by atoms with van der Waals surface area (Å²) in [6.45, 7) is 4.93. The van der Waals surface area contributed by atoms with E-state index in [1.54, 1.807) is 6.20 Å². The molecule has 0 aromatic carbocycles. The van der Waals surface area contributed by atoms with E-state index in [-0.39, 0.29) is 12.1 Å². The van der Waals surface area contributed by atoms with Crippen LogP contribution < -0.4 is 5.32 Å². The Kier molecular flexibility index (Phi) is 5.49. The van der Waals surface area contributed by atoms with E-state index in [1.807, 2.05) is 24.0 Å². The number of carbonyl (C=O) groups excluding carboxylic acids is 1. The molecule has 1 aliphatic carbocycles. The van der Waals surface area contributed by atoms with Gasteiger partial charge in [-0.15, -0.1) is 0 Å². The summed E-state index contributed by atoms with van der Waals surface area (Å²) in [5, 5.41) is 3.06. The van der Waals surface area contributed by atoms with Crippen LogP contribution in [-0.4, -0.2) is 41.7 Å². The number of nitrogens with zero attached hydrogens (tertiary/aromatic N) is 2. The van der Waals surface area contributed by atoms with Gasteiger partial charge in [0.2, 0.25) is 0 Å². The van der Waals surface area contributed by atoms with Gasteiger partial charge in [-0.3, -0.25) is 4.98 Å². The van der Waals surface area contributed by atoms with Gasteiger partial charge in [-0.05, 0) is 56.2 Å². The fraction of sp³-hybridized carbons (Fsp3) is 0.667. The highest BCUT2D eigenvalue weighted by molar-refractivity contribution is 5.74. The molecule has 1 saturated heterocycles. The van der Waals surface area contributed by atoms with Crippen LogP contribution in [0, 0.1) is 12.8 Å². The van der Waals surface area contributed by atoms with E-state index in [1.165, 1.54) is 19.3 Å². The number of aryl methyl sites for hydroxylation is 1.